The molecule has 0 rings (SSSR count). The van der Waals surface area contributed by atoms with Gasteiger partial charge in [0.05, 0.1) is 12.7 Å². The van der Waals surface area contributed by atoms with Crippen LogP contribution in [0.2, 0.25) is 0 Å². The van der Waals surface area contributed by atoms with E-state index in [-0.39, 0.29) is 18.0 Å². The second kappa shape index (κ2) is 15.8. The van der Waals surface area contributed by atoms with Gasteiger partial charge in [-0.05, 0) is 32.6 Å². The number of esters is 2. The maximum Gasteiger partial charge on any atom is 0.306 e. The molecule has 0 aromatic carbocycles. The van der Waals surface area contributed by atoms with Crippen LogP contribution in [0, 0.1) is 0 Å². The summed E-state index contributed by atoms with van der Waals surface area (Å²) in [4.78, 5) is 23.1. The Morgan fingerprint density at radius 2 is 1.35 bits per heavy atom. The van der Waals surface area contributed by atoms with E-state index in [0.29, 0.717) is 19.4 Å². The molecule has 4 heteroatoms. The van der Waals surface area contributed by atoms with Crippen LogP contribution >= 0.6 is 0 Å². The summed E-state index contributed by atoms with van der Waals surface area (Å²) in [6.45, 7) is 6.62. The summed E-state index contributed by atoms with van der Waals surface area (Å²) < 4.78 is 10.5. The second-order valence-corrected chi connectivity index (χ2v) is 6.28. The van der Waals surface area contributed by atoms with E-state index >= 15 is 0 Å². The van der Waals surface area contributed by atoms with Crippen LogP contribution in [-0.2, 0) is 19.1 Å². The molecule has 0 N–H and O–H groups in total. The van der Waals surface area contributed by atoms with Crippen molar-refractivity contribution in [2.24, 2.45) is 0 Å². The molecule has 0 bridgehead atoms. The quantitative estimate of drug-likeness (QED) is 0.307. The van der Waals surface area contributed by atoms with Crippen LogP contribution < -0.4 is 0 Å². The van der Waals surface area contributed by atoms with Crippen LogP contribution in [-0.4, -0.2) is 24.6 Å². The molecule has 0 aromatic rings. The predicted molar refractivity (Wildman–Crippen MR) is 93.3 cm³/mol. The summed E-state index contributed by atoms with van der Waals surface area (Å²) >= 11 is 0. The Labute approximate surface area is 142 Å². The first kappa shape index (κ1) is 21.9. The fourth-order valence-corrected chi connectivity index (χ4v) is 2.36. The number of hydrogen-bond acceptors (Lipinski definition) is 4. The van der Waals surface area contributed by atoms with Gasteiger partial charge < -0.3 is 9.47 Å². The minimum absolute atomic E-state index is 0.100. The molecule has 0 spiro atoms. The lowest BCUT2D eigenvalue weighted by Gasteiger charge is -2.13. The minimum atomic E-state index is -0.110. The van der Waals surface area contributed by atoms with Crippen molar-refractivity contribution in [2.75, 3.05) is 6.61 Å². The topological polar surface area (TPSA) is 52.6 Å². The van der Waals surface area contributed by atoms with Crippen molar-refractivity contribution in [1.82, 2.24) is 0 Å². The number of rotatable bonds is 15. The van der Waals surface area contributed by atoms with E-state index in [1.165, 1.54) is 25.7 Å². The Bertz CT molecular complexity index is 302. The molecule has 0 aliphatic heterocycles. The largest absolute Gasteiger partial charge is 0.466 e. The zero-order valence-electron chi connectivity index (χ0n) is 15.4. The van der Waals surface area contributed by atoms with Gasteiger partial charge in [-0.3, -0.25) is 9.59 Å². The van der Waals surface area contributed by atoms with Gasteiger partial charge in [0.1, 0.15) is 0 Å². The van der Waals surface area contributed by atoms with E-state index in [1.807, 2.05) is 6.92 Å². The molecule has 0 saturated heterocycles. The molecule has 136 valence electrons. The Balaban J connectivity index is 3.49. The standard InChI is InChI=1S/C19H36O4/c1-4-6-8-10-14-18(20)22-16-12-13-17(3)23-19(21)15-11-9-7-5-2/h17H,4-16H2,1-3H3. The zero-order chi connectivity index (χ0) is 17.3. The van der Waals surface area contributed by atoms with E-state index in [9.17, 15) is 9.59 Å². The van der Waals surface area contributed by atoms with Gasteiger partial charge in [0.15, 0.2) is 0 Å². The van der Waals surface area contributed by atoms with Gasteiger partial charge in [-0.1, -0.05) is 52.4 Å². The van der Waals surface area contributed by atoms with E-state index in [0.717, 1.165) is 38.5 Å². The van der Waals surface area contributed by atoms with E-state index < -0.39 is 0 Å². The van der Waals surface area contributed by atoms with Gasteiger partial charge >= 0.3 is 11.9 Å². The van der Waals surface area contributed by atoms with Gasteiger partial charge in [0.25, 0.3) is 0 Å². The molecule has 0 aliphatic rings. The highest BCUT2D eigenvalue weighted by Crippen LogP contribution is 2.08. The predicted octanol–water partition coefficient (Wildman–Crippen LogP) is 5.18. The van der Waals surface area contributed by atoms with Crippen LogP contribution in [0.4, 0.5) is 0 Å². The van der Waals surface area contributed by atoms with E-state index in [2.05, 4.69) is 13.8 Å². The monoisotopic (exact) mass is 328 g/mol. The summed E-state index contributed by atoms with van der Waals surface area (Å²) in [6.07, 6.45) is 11.1. The third-order valence-corrected chi connectivity index (χ3v) is 3.82. The Kier molecular flexibility index (Phi) is 15.1. The molecule has 0 aromatic heterocycles. The third-order valence-electron chi connectivity index (χ3n) is 3.82. The van der Waals surface area contributed by atoms with Crippen LogP contribution in [0.25, 0.3) is 0 Å². The molecular formula is C19H36O4. The maximum absolute atomic E-state index is 11.6. The fourth-order valence-electron chi connectivity index (χ4n) is 2.36. The lowest BCUT2D eigenvalue weighted by atomic mass is 10.1. The van der Waals surface area contributed by atoms with Gasteiger partial charge in [0, 0.05) is 12.8 Å². The first-order chi connectivity index (χ1) is 11.1. The van der Waals surface area contributed by atoms with Crippen molar-refractivity contribution in [3.05, 3.63) is 0 Å². The van der Waals surface area contributed by atoms with Gasteiger partial charge in [-0.15, -0.1) is 0 Å². The summed E-state index contributed by atoms with van der Waals surface area (Å²) in [5.41, 5.74) is 0. The minimum Gasteiger partial charge on any atom is -0.466 e. The second-order valence-electron chi connectivity index (χ2n) is 6.28. The first-order valence-electron chi connectivity index (χ1n) is 9.45. The normalized spacial score (nSPS) is 12.0. The molecule has 4 nitrogen and oxygen atoms in total. The number of carbonyl (C=O) groups is 2. The molecule has 1 atom stereocenters. The number of carbonyl (C=O) groups excluding carboxylic acids is 2. The van der Waals surface area contributed by atoms with Gasteiger partial charge in [-0.2, -0.15) is 0 Å². The summed E-state index contributed by atoms with van der Waals surface area (Å²) in [7, 11) is 0. The molecule has 0 amide bonds. The van der Waals surface area contributed by atoms with Crippen molar-refractivity contribution < 1.29 is 19.1 Å². The summed E-state index contributed by atoms with van der Waals surface area (Å²) in [6, 6.07) is 0. The third kappa shape index (κ3) is 15.6. The van der Waals surface area contributed by atoms with Crippen molar-refractivity contribution in [2.45, 2.75) is 104 Å². The average Bonchev–Trinajstić information content (AvgIpc) is 2.52. The zero-order valence-corrected chi connectivity index (χ0v) is 15.4. The van der Waals surface area contributed by atoms with E-state index in [4.69, 9.17) is 9.47 Å². The van der Waals surface area contributed by atoms with Crippen LogP contribution in [0.1, 0.15) is 97.8 Å². The van der Waals surface area contributed by atoms with Crippen LogP contribution in [0.15, 0.2) is 0 Å². The van der Waals surface area contributed by atoms with Gasteiger partial charge in [-0.25, -0.2) is 0 Å². The number of ether oxygens (including phenoxy) is 2. The molecule has 0 heterocycles. The summed E-state index contributed by atoms with van der Waals surface area (Å²) in [5.74, 6) is -0.219. The van der Waals surface area contributed by atoms with Crippen LogP contribution in [0.3, 0.4) is 0 Å². The molecular weight excluding hydrogens is 292 g/mol. The Hall–Kier alpha value is -1.06. The molecule has 1 unspecified atom stereocenters. The average molecular weight is 328 g/mol. The first-order valence-corrected chi connectivity index (χ1v) is 9.45. The Morgan fingerprint density at radius 3 is 1.91 bits per heavy atom. The lowest BCUT2D eigenvalue weighted by molar-refractivity contribution is -0.150. The maximum atomic E-state index is 11.6. The van der Waals surface area contributed by atoms with Gasteiger partial charge in [0.2, 0.25) is 0 Å². The highest BCUT2D eigenvalue weighted by molar-refractivity contribution is 5.69. The fraction of sp³-hybridized carbons (Fsp3) is 0.895. The molecule has 0 fully saturated rings. The van der Waals surface area contributed by atoms with E-state index in [1.54, 1.807) is 0 Å². The smallest absolute Gasteiger partial charge is 0.306 e. The Morgan fingerprint density at radius 1 is 0.783 bits per heavy atom. The highest BCUT2D eigenvalue weighted by atomic mass is 16.5. The number of hydrogen-bond donors (Lipinski definition) is 0. The van der Waals surface area contributed by atoms with Crippen LogP contribution in [0.5, 0.6) is 0 Å². The molecule has 0 radical (unpaired) electrons. The highest BCUT2D eigenvalue weighted by Gasteiger charge is 2.10. The van der Waals surface area contributed by atoms with Crippen molar-refractivity contribution in [3.8, 4) is 0 Å². The molecule has 0 saturated carbocycles. The molecule has 0 aliphatic carbocycles. The lowest BCUT2D eigenvalue weighted by Crippen LogP contribution is -2.16. The van der Waals surface area contributed by atoms with Crippen molar-refractivity contribution in [1.29, 1.82) is 0 Å². The number of unbranched alkanes of at least 4 members (excludes halogenated alkanes) is 6. The van der Waals surface area contributed by atoms with Crippen molar-refractivity contribution >= 4 is 11.9 Å². The van der Waals surface area contributed by atoms with Crippen molar-refractivity contribution in [3.63, 3.8) is 0 Å². The SMILES string of the molecule is CCCCCCC(=O)OCCCC(C)OC(=O)CCCCCC. The summed E-state index contributed by atoms with van der Waals surface area (Å²) in [5, 5.41) is 0. The molecule has 23 heavy (non-hydrogen) atoms.